The third-order valence-corrected chi connectivity index (χ3v) is 2.80. The number of halogens is 1. The van der Waals surface area contributed by atoms with Crippen LogP contribution in [0.1, 0.15) is 25.8 Å². The van der Waals surface area contributed by atoms with Crippen LogP contribution < -0.4 is 5.73 Å². The molecule has 0 amide bonds. The third kappa shape index (κ3) is 2.23. The smallest absolute Gasteiger partial charge is 0.121 e. The van der Waals surface area contributed by atoms with Crippen molar-refractivity contribution in [1.29, 1.82) is 0 Å². The fourth-order valence-corrected chi connectivity index (χ4v) is 1.53. The molecule has 13 heavy (non-hydrogen) atoms. The lowest BCUT2D eigenvalue weighted by molar-refractivity contribution is 0.416. The van der Waals surface area contributed by atoms with E-state index in [0.29, 0.717) is 0 Å². The maximum atomic E-state index is 9.65. The van der Waals surface area contributed by atoms with Gasteiger partial charge in [0.1, 0.15) is 5.75 Å². The minimum atomic E-state index is -0.454. The second-order valence-corrected chi connectivity index (χ2v) is 4.35. The van der Waals surface area contributed by atoms with Crippen molar-refractivity contribution in [3.05, 3.63) is 28.2 Å². The molecule has 0 aliphatic heterocycles. The highest BCUT2D eigenvalue weighted by molar-refractivity contribution is 9.10. The Labute approximate surface area is 86.9 Å². The summed E-state index contributed by atoms with van der Waals surface area (Å²) < 4.78 is 0.862. The maximum Gasteiger partial charge on any atom is 0.121 e. The molecule has 3 heteroatoms. The van der Waals surface area contributed by atoms with Crippen LogP contribution in [0.15, 0.2) is 22.7 Å². The second kappa shape index (κ2) is 3.68. The Hall–Kier alpha value is -0.540. The highest BCUT2D eigenvalue weighted by Crippen LogP contribution is 2.31. The van der Waals surface area contributed by atoms with E-state index in [9.17, 15) is 5.11 Å². The predicted octanol–water partition coefficient (Wildman–Crippen LogP) is 2.74. The molecule has 72 valence electrons. The number of benzene rings is 1. The summed E-state index contributed by atoms with van der Waals surface area (Å²) >= 11 is 3.28. The first-order valence-electron chi connectivity index (χ1n) is 4.25. The number of phenols is 1. The zero-order chi connectivity index (χ0) is 10.1. The number of nitrogens with two attached hydrogens (primary N) is 1. The zero-order valence-electron chi connectivity index (χ0n) is 7.84. The van der Waals surface area contributed by atoms with Crippen LogP contribution in [-0.4, -0.2) is 5.11 Å². The van der Waals surface area contributed by atoms with Gasteiger partial charge in [-0.3, -0.25) is 0 Å². The van der Waals surface area contributed by atoms with Gasteiger partial charge in [-0.05, 0) is 25.5 Å². The molecular formula is C10H14BrNO. The zero-order valence-corrected chi connectivity index (χ0v) is 9.43. The van der Waals surface area contributed by atoms with Gasteiger partial charge in [0.05, 0.1) is 0 Å². The van der Waals surface area contributed by atoms with E-state index in [4.69, 9.17) is 5.73 Å². The van der Waals surface area contributed by atoms with Gasteiger partial charge in [-0.15, -0.1) is 0 Å². The van der Waals surface area contributed by atoms with Crippen LogP contribution in [0.25, 0.3) is 0 Å². The molecule has 0 saturated carbocycles. The molecule has 2 nitrogen and oxygen atoms in total. The number of phenolic OH excluding ortho intramolecular Hbond substituents is 1. The van der Waals surface area contributed by atoms with E-state index >= 15 is 0 Å². The first-order chi connectivity index (χ1) is 5.97. The highest BCUT2D eigenvalue weighted by atomic mass is 79.9. The van der Waals surface area contributed by atoms with Crippen molar-refractivity contribution >= 4 is 15.9 Å². The highest BCUT2D eigenvalue weighted by Gasteiger charge is 2.21. The molecule has 0 aliphatic carbocycles. The quantitative estimate of drug-likeness (QED) is 0.840. The first-order valence-corrected chi connectivity index (χ1v) is 5.04. The Morgan fingerprint density at radius 1 is 1.54 bits per heavy atom. The van der Waals surface area contributed by atoms with Gasteiger partial charge in [0.2, 0.25) is 0 Å². The van der Waals surface area contributed by atoms with Crippen LogP contribution in [0.2, 0.25) is 0 Å². The summed E-state index contributed by atoms with van der Waals surface area (Å²) in [4.78, 5) is 0. The monoisotopic (exact) mass is 243 g/mol. The summed E-state index contributed by atoms with van der Waals surface area (Å²) in [6, 6.07) is 5.40. The van der Waals surface area contributed by atoms with Crippen molar-refractivity contribution in [3.63, 3.8) is 0 Å². The Morgan fingerprint density at radius 3 is 2.62 bits per heavy atom. The Balaban J connectivity index is 3.16. The van der Waals surface area contributed by atoms with Gasteiger partial charge < -0.3 is 10.8 Å². The largest absolute Gasteiger partial charge is 0.508 e. The van der Waals surface area contributed by atoms with E-state index in [2.05, 4.69) is 15.9 Å². The van der Waals surface area contributed by atoms with E-state index < -0.39 is 5.54 Å². The molecule has 0 heterocycles. The molecular weight excluding hydrogens is 230 g/mol. The van der Waals surface area contributed by atoms with Crippen LogP contribution in [0.4, 0.5) is 0 Å². The minimum Gasteiger partial charge on any atom is -0.508 e. The molecule has 0 fully saturated rings. The van der Waals surface area contributed by atoms with Crippen molar-refractivity contribution in [2.45, 2.75) is 25.8 Å². The van der Waals surface area contributed by atoms with Gasteiger partial charge in [0, 0.05) is 15.6 Å². The van der Waals surface area contributed by atoms with Crippen LogP contribution in [-0.2, 0) is 5.54 Å². The van der Waals surface area contributed by atoms with Gasteiger partial charge in [-0.25, -0.2) is 0 Å². The molecule has 0 aromatic heterocycles. The van der Waals surface area contributed by atoms with Crippen molar-refractivity contribution < 1.29 is 5.11 Å². The lowest BCUT2D eigenvalue weighted by atomic mass is 9.90. The van der Waals surface area contributed by atoms with Crippen LogP contribution >= 0.6 is 15.9 Å². The van der Waals surface area contributed by atoms with E-state index in [1.807, 2.05) is 26.0 Å². The van der Waals surface area contributed by atoms with Crippen molar-refractivity contribution in [1.82, 2.24) is 0 Å². The fraction of sp³-hybridized carbons (Fsp3) is 0.400. The van der Waals surface area contributed by atoms with Crippen LogP contribution in [0.5, 0.6) is 5.75 Å². The topological polar surface area (TPSA) is 46.2 Å². The summed E-state index contributed by atoms with van der Waals surface area (Å²) in [6.45, 7) is 3.91. The van der Waals surface area contributed by atoms with E-state index in [1.54, 1.807) is 6.07 Å². The Kier molecular flexibility index (Phi) is 2.98. The van der Waals surface area contributed by atoms with Gasteiger partial charge >= 0.3 is 0 Å². The van der Waals surface area contributed by atoms with E-state index in [0.717, 1.165) is 16.5 Å². The second-order valence-electron chi connectivity index (χ2n) is 3.43. The predicted molar refractivity (Wildman–Crippen MR) is 57.6 cm³/mol. The molecule has 1 rings (SSSR count). The average molecular weight is 244 g/mol. The normalized spacial score (nSPS) is 15.4. The lowest BCUT2D eigenvalue weighted by Crippen LogP contribution is -2.31. The van der Waals surface area contributed by atoms with Crippen molar-refractivity contribution in [2.24, 2.45) is 5.73 Å². The fourth-order valence-electron chi connectivity index (χ4n) is 1.18. The Morgan fingerprint density at radius 2 is 2.15 bits per heavy atom. The van der Waals surface area contributed by atoms with Gasteiger partial charge in [-0.2, -0.15) is 0 Å². The van der Waals surface area contributed by atoms with Crippen molar-refractivity contribution in [3.8, 4) is 5.75 Å². The molecule has 0 radical (unpaired) electrons. The summed E-state index contributed by atoms with van der Waals surface area (Å²) in [5.74, 6) is 0.251. The molecule has 0 aliphatic rings. The molecule has 1 aromatic carbocycles. The molecule has 0 spiro atoms. The van der Waals surface area contributed by atoms with Gasteiger partial charge in [-0.1, -0.05) is 28.9 Å². The SMILES string of the molecule is CCC(C)(N)c1ccc(Br)cc1O. The van der Waals surface area contributed by atoms with E-state index in [1.165, 1.54) is 0 Å². The average Bonchev–Trinajstić information content (AvgIpc) is 2.03. The van der Waals surface area contributed by atoms with E-state index in [-0.39, 0.29) is 5.75 Å². The van der Waals surface area contributed by atoms with Crippen molar-refractivity contribution in [2.75, 3.05) is 0 Å². The lowest BCUT2D eigenvalue weighted by Gasteiger charge is -2.24. The standard InChI is InChI=1S/C10H14BrNO/c1-3-10(2,12)8-5-4-7(11)6-9(8)13/h4-6,13H,3,12H2,1-2H3. The number of aromatic hydroxyl groups is 1. The summed E-state index contributed by atoms with van der Waals surface area (Å²) in [5.41, 5.74) is 6.35. The number of hydrogen-bond donors (Lipinski definition) is 2. The molecule has 1 atom stereocenters. The maximum absolute atomic E-state index is 9.65. The summed E-state index contributed by atoms with van der Waals surface area (Å²) in [7, 11) is 0. The van der Waals surface area contributed by atoms with Crippen LogP contribution in [0.3, 0.4) is 0 Å². The number of rotatable bonds is 2. The first kappa shape index (κ1) is 10.5. The molecule has 1 unspecified atom stereocenters. The third-order valence-electron chi connectivity index (χ3n) is 2.31. The van der Waals surface area contributed by atoms with Crippen LogP contribution in [0, 0.1) is 0 Å². The molecule has 1 aromatic rings. The Bertz CT molecular complexity index is 310. The minimum absolute atomic E-state index is 0.251. The summed E-state index contributed by atoms with van der Waals surface area (Å²) in [5, 5.41) is 9.65. The van der Waals surface area contributed by atoms with Gasteiger partial charge in [0.15, 0.2) is 0 Å². The number of hydrogen-bond acceptors (Lipinski definition) is 2. The molecule has 0 bridgehead atoms. The molecule has 0 saturated heterocycles. The summed E-state index contributed by atoms with van der Waals surface area (Å²) in [6.07, 6.45) is 0.794. The van der Waals surface area contributed by atoms with Gasteiger partial charge in [0.25, 0.3) is 0 Å². The molecule has 3 N–H and O–H groups in total.